The summed E-state index contributed by atoms with van der Waals surface area (Å²) in [6.45, 7) is 0. The van der Waals surface area contributed by atoms with Gasteiger partial charge in [-0.25, -0.2) is 0 Å². The third-order valence-corrected chi connectivity index (χ3v) is 2.70. The first-order valence-corrected chi connectivity index (χ1v) is 5.51. The summed E-state index contributed by atoms with van der Waals surface area (Å²) >= 11 is 0. The summed E-state index contributed by atoms with van der Waals surface area (Å²) < 4.78 is 0. The van der Waals surface area contributed by atoms with E-state index < -0.39 is 6.10 Å². The molecule has 0 spiro atoms. The quantitative estimate of drug-likeness (QED) is 0.869. The number of rotatable bonds is 3. The molecule has 0 radical (unpaired) electrons. The molecule has 0 bridgehead atoms. The Balaban J connectivity index is 2.08. The van der Waals surface area contributed by atoms with Crippen LogP contribution in [0.4, 0.5) is 0 Å². The molecule has 84 valence electrons. The van der Waals surface area contributed by atoms with E-state index in [1.165, 1.54) is 0 Å². The molecular weight excluding hydrogens is 210 g/mol. The van der Waals surface area contributed by atoms with E-state index in [0.29, 0.717) is 12.0 Å². The van der Waals surface area contributed by atoms with Gasteiger partial charge in [0, 0.05) is 6.42 Å². The SMILES string of the molecule is N#Cc1ccc(C[C@@H](O)c2ccccc2)cc1. The molecule has 0 fully saturated rings. The van der Waals surface area contributed by atoms with E-state index in [-0.39, 0.29) is 0 Å². The first-order valence-electron chi connectivity index (χ1n) is 5.51. The second kappa shape index (κ2) is 5.29. The van der Waals surface area contributed by atoms with Crippen LogP contribution in [0, 0.1) is 11.3 Å². The van der Waals surface area contributed by atoms with Gasteiger partial charge in [0.15, 0.2) is 0 Å². The van der Waals surface area contributed by atoms with Crippen LogP contribution >= 0.6 is 0 Å². The molecule has 0 aliphatic rings. The lowest BCUT2D eigenvalue weighted by atomic mass is 10.0. The van der Waals surface area contributed by atoms with Crippen LogP contribution in [0.25, 0.3) is 0 Å². The number of hydrogen-bond donors (Lipinski definition) is 1. The Kier molecular flexibility index (Phi) is 3.54. The summed E-state index contributed by atoms with van der Waals surface area (Å²) in [5, 5.41) is 18.7. The predicted molar refractivity (Wildman–Crippen MR) is 66.3 cm³/mol. The second-order valence-electron chi connectivity index (χ2n) is 3.94. The monoisotopic (exact) mass is 223 g/mol. The minimum absolute atomic E-state index is 0.496. The molecule has 0 amide bonds. The molecule has 2 heteroatoms. The van der Waals surface area contributed by atoms with E-state index in [9.17, 15) is 5.11 Å². The van der Waals surface area contributed by atoms with Crippen molar-refractivity contribution in [3.8, 4) is 6.07 Å². The van der Waals surface area contributed by atoms with Crippen molar-refractivity contribution in [2.45, 2.75) is 12.5 Å². The van der Waals surface area contributed by atoms with Crippen molar-refractivity contribution in [2.75, 3.05) is 0 Å². The van der Waals surface area contributed by atoms with E-state index >= 15 is 0 Å². The number of nitriles is 1. The summed E-state index contributed by atoms with van der Waals surface area (Å²) in [6.07, 6.45) is 0.0690. The molecular formula is C15H13NO. The van der Waals surface area contributed by atoms with Crippen LogP contribution < -0.4 is 0 Å². The molecule has 2 rings (SSSR count). The van der Waals surface area contributed by atoms with E-state index in [4.69, 9.17) is 5.26 Å². The van der Waals surface area contributed by atoms with E-state index in [2.05, 4.69) is 6.07 Å². The van der Waals surface area contributed by atoms with Gasteiger partial charge >= 0.3 is 0 Å². The van der Waals surface area contributed by atoms with Crippen LogP contribution in [-0.4, -0.2) is 5.11 Å². The predicted octanol–water partition coefficient (Wildman–Crippen LogP) is 2.83. The molecule has 2 nitrogen and oxygen atoms in total. The Hall–Kier alpha value is -2.11. The molecule has 17 heavy (non-hydrogen) atoms. The molecule has 0 aromatic heterocycles. The van der Waals surface area contributed by atoms with Crippen molar-refractivity contribution < 1.29 is 5.11 Å². The summed E-state index contributed by atoms with van der Waals surface area (Å²) in [5.41, 5.74) is 2.58. The van der Waals surface area contributed by atoms with Gasteiger partial charge in [-0.05, 0) is 23.3 Å². The maximum Gasteiger partial charge on any atom is 0.0991 e. The van der Waals surface area contributed by atoms with Gasteiger partial charge in [-0.15, -0.1) is 0 Å². The Morgan fingerprint density at radius 2 is 1.65 bits per heavy atom. The number of aliphatic hydroxyl groups is 1. The van der Waals surface area contributed by atoms with Crippen molar-refractivity contribution in [3.05, 3.63) is 71.3 Å². The van der Waals surface area contributed by atoms with Crippen LogP contribution in [0.15, 0.2) is 54.6 Å². The molecule has 2 aromatic rings. The first-order chi connectivity index (χ1) is 8.29. The van der Waals surface area contributed by atoms with Crippen molar-refractivity contribution in [1.82, 2.24) is 0 Å². The number of nitrogens with zero attached hydrogens (tertiary/aromatic N) is 1. The Labute approximate surface area is 101 Å². The van der Waals surface area contributed by atoms with Gasteiger partial charge in [-0.3, -0.25) is 0 Å². The normalized spacial score (nSPS) is 11.8. The fourth-order valence-corrected chi connectivity index (χ4v) is 1.73. The van der Waals surface area contributed by atoms with Crippen molar-refractivity contribution in [3.63, 3.8) is 0 Å². The second-order valence-corrected chi connectivity index (χ2v) is 3.94. The minimum atomic E-state index is -0.496. The van der Waals surface area contributed by atoms with Crippen molar-refractivity contribution in [2.24, 2.45) is 0 Å². The zero-order valence-electron chi connectivity index (χ0n) is 9.38. The lowest BCUT2D eigenvalue weighted by molar-refractivity contribution is 0.178. The Morgan fingerprint density at radius 1 is 1.00 bits per heavy atom. The Bertz CT molecular complexity index is 511. The molecule has 0 unspecified atom stereocenters. The number of benzene rings is 2. The van der Waals surface area contributed by atoms with Gasteiger partial charge in [-0.2, -0.15) is 5.26 Å². The Morgan fingerprint density at radius 3 is 2.24 bits per heavy atom. The van der Waals surface area contributed by atoms with Crippen LogP contribution in [0.5, 0.6) is 0 Å². The third kappa shape index (κ3) is 2.93. The largest absolute Gasteiger partial charge is 0.388 e. The highest BCUT2D eigenvalue weighted by atomic mass is 16.3. The molecule has 0 aliphatic heterocycles. The molecule has 1 atom stereocenters. The maximum atomic E-state index is 10.0. The van der Waals surface area contributed by atoms with Crippen LogP contribution in [0.2, 0.25) is 0 Å². The lowest BCUT2D eigenvalue weighted by Gasteiger charge is -2.10. The smallest absolute Gasteiger partial charge is 0.0991 e. The fraction of sp³-hybridized carbons (Fsp3) is 0.133. The summed E-state index contributed by atoms with van der Waals surface area (Å²) in [4.78, 5) is 0. The van der Waals surface area contributed by atoms with Gasteiger partial charge in [0.05, 0.1) is 17.7 Å². The van der Waals surface area contributed by atoms with Gasteiger partial charge in [0.25, 0.3) is 0 Å². The first kappa shape index (κ1) is 11.4. The standard InChI is InChI=1S/C15H13NO/c16-11-13-8-6-12(7-9-13)10-15(17)14-4-2-1-3-5-14/h1-9,15,17H,10H2/t15-/m1/s1. The number of aliphatic hydroxyl groups excluding tert-OH is 1. The molecule has 0 heterocycles. The number of hydrogen-bond acceptors (Lipinski definition) is 2. The van der Waals surface area contributed by atoms with Crippen LogP contribution in [0.3, 0.4) is 0 Å². The van der Waals surface area contributed by atoms with Gasteiger partial charge in [0.2, 0.25) is 0 Å². The molecule has 2 aromatic carbocycles. The summed E-state index contributed by atoms with van der Waals surface area (Å²) in [7, 11) is 0. The molecule has 1 N–H and O–H groups in total. The van der Waals surface area contributed by atoms with Crippen LogP contribution in [0.1, 0.15) is 22.8 Å². The highest BCUT2D eigenvalue weighted by molar-refractivity contribution is 5.32. The van der Waals surface area contributed by atoms with Gasteiger partial charge in [0.1, 0.15) is 0 Å². The topological polar surface area (TPSA) is 44.0 Å². The van der Waals surface area contributed by atoms with E-state index in [0.717, 1.165) is 11.1 Å². The van der Waals surface area contributed by atoms with E-state index in [1.807, 2.05) is 42.5 Å². The molecule has 0 aliphatic carbocycles. The summed E-state index contributed by atoms with van der Waals surface area (Å²) in [5.74, 6) is 0. The van der Waals surface area contributed by atoms with Crippen LogP contribution in [-0.2, 0) is 6.42 Å². The molecule has 0 saturated heterocycles. The van der Waals surface area contributed by atoms with E-state index in [1.54, 1.807) is 12.1 Å². The average molecular weight is 223 g/mol. The average Bonchev–Trinajstić information content (AvgIpc) is 2.40. The van der Waals surface area contributed by atoms with Gasteiger partial charge < -0.3 is 5.11 Å². The highest BCUT2D eigenvalue weighted by Crippen LogP contribution is 2.18. The third-order valence-electron chi connectivity index (χ3n) is 2.70. The molecule has 0 saturated carbocycles. The zero-order chi connectivity index (χ0) is 12.1. The zero-order valence-corrected chi connectivity index (χ0v) is 9.38. The lowest BCUT2D eigenvalue weighted by Crippen LogP contribution is -2.01. The van der Waals surface area contributed by atoms with Crippen molar-refractivity contribution in [1.29, 1.82) is 5.26 Å². The maximum absolute atomic E-state index is 10.0. The van der Waals surface area contributed by atoms with Gasteiger partial charge in [-0.1, -0.05) is 42.5 Å². The fourth-order valence-electron chi connectivity index (χ4n) is 1.73. The minimum Gasteiger partial charge on any atom is -0.388 e. The highest BCUT2D eigenvalue weighted by Gasteiger charge is 2.07. The summed E-state index contributed by atoms with van der Waals surface area (Å²) in [6, 6.07) is 19.0. The van der Waals surface area contributed by atoms with Crippen molar-refractivity contribution >= 4 is 0 Å².